The summed E-state index contributed by atoms with van der Waals surface area (Å²) in [6, 6.07) is 0. The third kappa shape index (κ3) is 2.34. The molecular formula is C9H12N2O. The number of allylic oxidation sites excluding steroid dienone is 4. The van der Waals surface area contributed by atoms with Crippen LogP contribution >= 0.6 is 0 Å². The first-order valence-electron chi connectivity index (χ1n) is 3.90. The number of nitrogens with zero attached hydrogens (tertiary/aromatic N) is 2. The molecule has 0 radical (unpaired) electrons. The van der Waals surface area contributed by atoms with Crippen molar-refractivity contribution in [2.24, 2.45) is 0 Å². The third-order valence-electron chi connectivity index (χ3n) is 1.50. The summed E-state index contributed by atoms with van der Waals surface area (Å²) in [5.74, 6) is 0. The minimum Gasteiger partial charge on any atom is -0.244 e. The molecule has 0 spiro atoms. The largest absolute Gasteiger partial charge is 0.244 e. The second kappa shape index (κ2) is 4.49. The van der Waals surface area contributed by atoms with Crippen LogP contribution in [0, 0.1) is 6.92 Å². The number of rotatable bonds is 3. The summed E-state index contributed by atoms with van der Waals surface area (Å²) in [5, 5.41) is 7.43. The summed E-state index contributed by atoms with van der Waals surface area (Å²) >= 11 is 0. The van der Waals surface area contributed by atoms with Gasteiger partial charge in [0.1, 0.15) is 11.4 Å². The van der Waals surface area contributed by atoms with Crippen LogP contribution in [-0.4, -0.2) is 10.3 Å². The van der Waals surface area contributed by atoms with Crippen LogP contribution in [0.5, 0.6) is 0 Å². The van der Waals surface area contributed by atoms with Crippen molar-refractivity contribution in [3.8, 4) is 0 Å². The molecular weight excluding hydrogens is 152 g/mol. The molecule has 12 heavy (non-hydrogen) atoms. The van der Waals surface area contributed by atoms with Gasteiger partial charge in [-0.05, 0) is 13.8 Å². The lowest BCUT2D eigenvalue weighted by Gasteiger charge is -1.84. The Morgan fingerprint density at radius 3 is 2.75 bits per heavy atom. The molecule has 0 bridgehead atoms. The fraction of sp³-hybridized carbons (Fsp3) is 0.333. The van der Waals surface area contributed by atoms with Crippen molar-refractivity contribution >= 4 is 0 Å². The first kappa shape index (κ1) is 8.71. The zero-order chi connectivity index (χ0) is 8.81. The Morgan fingerprint density at radius 2 is 2.17 bits per heavy atom. The van der Waals surface area contributed by atoms with E-state index in [0.717, 1.165) is 17.8 Å². The number of hydrogen-bond acceptors (Lipinski definition) is 3. The summed E-state index contributed by atoms with van der Waals surface area (Å²) in [4.78, 5) is 0. The van der Waals surface area contributed by atoms with E-state index < -0.39 is 0 Å². The summed E-state index contributed by atoms with van der Waals surface area (Å²) in [6.07, 6.45) is 8.73. The van der Waals surface area contributed by atoms with E-state index in [1.165, 1.54) is 0 Å². The van der Waals surface area contributed by atoms with Gasteiger partial charge in [-0.3, -0.25) is 0 Å². The highest BCUT2D eigenvalue weighted by atomic mass is 16.6. The van der Waals surface area contributed by atoms with E-state index in [2.05, 4.69) is 14.9 Å². The predicted octanol–water partition coefficient (Wildman–Crippen LogP) is 2.05. The average molecular weight is 164 g/mol. The number of aromatic nitrogens is 2. The molecule has 0 saturated carbocycles. The van der Waals surface area contributed by atoms with Gasteiger partial charge in [-0.1, -0.05) is 34.6 Å². The molecule has 3 heteroatoms. The predicted molar refractivity (Wildman–Crippen MR) is 46.7 cm³/mol. The molecule has 0 aromatic carbocycles. The van der Waals surface area contributed by atoms with Gasteiger partial charge in [-0.25, -0.2) is 4.63 Å². The molecule has 1 aromatic heterocycles. The Morgan fingerprint density at radius 1 is 1.33 bits per heavy atom. The molecule has 0 atom stereocenters. The molecule has 0 aliphatic rings. The molecule has 0 aliphatic heterocycles. The van der Waals surface area contributed by atoms with Crippen LogP contribution in [0.15, 0.2) is 28.9 Å². The van der Waals surface area contributed by atoms with E-state index in [1.54, 1.807) is 0 Å². The van der Waals surface area contributed by atoms with Crippen molar-refractivity contribution in [2.75, 3.05) is 0 Å². The van der Waals surface area contributed by atoms with Gasteiger partial charge in [-0.15, -0.1) is 0 Å². The zero-order valence-electron chi connectivity index (χ0n) is 7.32. The third-order valence-corrected chi connectivity index (χ3v) is 1.50. The van der Waals surface area contributed by atoms with Crippen molar-refractivity contribution < 1.29 is 4.63 Å². The molecule has 1 rings (SSSR count). The van der Waals surface area contributed by atoms with Gasteiger partial charge in [0.05, 0.1) is 0 Å². The fourth-order valence-electron chi connectivity index (χ4n) is 0.804. The quantitative estimate of drug-likeness (QED) is 0.642. The van der Waals surface area contributed by atoms with Crippen molar-refractivity contribution in [1.82, 2.24) is 10.3 Å². The van der Waals surface area contributed by atoms with E-state index in [-0.39, 0.29) is 0 Å². The first-order valence-corrected chi connectivity index (χ1v) is 3.90. The van der Waals surface area contributed by atoms with Gasteiger partial charge in [0, 0.05) is 6.42 Å². The Balaban J connectivity index is 2.48. The van der Waals surface area contributed by atoms with Gasteiger partial charge < -0.3 is 0 Å². The van der Waals surface area contributed by atoms with Gasteiger partial charge >= 0.3 is 0 Å². The Labute approximate surface area is 71.7 Å². The molecule has 64 valence electrons. The molecule has 1 heterocycles. The standard InChI is InChI=1S/C9H12N2O/c1-3-4-5-6-7-9-8(2)10-12-11-9/h3-6H,7H2,1-2H3/b4-3-,6-5?. The van der Waals surface area contributed by atoms with Crippen LogP contribution < -0.4 is 0 Å². The molecule has 0 N–H and O–H groups in total. The number of hydrogen-bond donors (Lipinski definition) is 0. The maximum absolute atomic E-state index is 4.55. The molecule has 0 aliphatic carbocycles. The summed E-state index contributed by atoms with van der Waals surface area (Å²) in [6.45, 7) is 3.86. The average Bonchev–Trinajstić information content (AvgIpc) is 2.46. The lowest BCUT2D eigenvalue weighted by atomic mass is 10.2. The normalized spacial score (nSPS) is 11.8. The lowest BCUT2D eigenvalue weighted by molar-refractivity contribution is 0.302. The van der Waals surface area contributed by atoms with Gasteiger partial charge in [0.2, 0.25) is 0 Å². The van der Waals surface area contributed by atoms with Crippen LogP contribution in [0.2, 0.25) is 0 Å². The smallest absolute Gasteiger partial charge is 0.111 e. The monoisotopic (exact) mass is 164 g/mol. The highest BCUT2D eigenvalue weighted by Gasteiger charge is 2.00. The van der Waals surface area contributed by atoms with Crippen LogP contribution in [0.25, 0.3) is 0 Å². The maximum atomic E-state index is 4.55. The Hall–Kier alpha value is -1.38. The van der Waals surface area contributed by atoms with Gasteiger partial charge in [-0.2, -0.15) is 0 Å². The molecule has 0 saturated heterocycles. The zero-order valence-corrected chi connectivity index (χ0v) is 7.32. The summed E-state index contributed by atoms with van der Waals surface area (Å²) < 4.78 is 4.55. The van der Waals surface area contributed by atoms with E-state index in [9.17, 15) is 0 Å². The van der Waals surface area contributed by atoms with E-state index in [4.69, 9.17) is 0 Å². The molecule has 0 amide bonds. The van der Waals surface area contributed by atoms with Crippen molar-refractivity contribution in [3.05, 3.63) is 35.7 Å². The minimum atomic E-state index is 0.777. The van der Waals surface area contributed by atoms with Crippen molar-refractivity contribution in [2.45, 2.75) is 20.3 Å². The van der Waals surface area contributed by atoms with Crippen LogP contribution in [0.1, 0.15) is 18.3 Å². The van der Waals surface area contributed by atoms with E-state index in [0.29, 0.717) is 0 Å². The van der Waals surface area contributed by atoms with Crippen LogP contribution in [0.4, 0.5) is 0 Å². The van der Waals surface area contributed by atoms with Crippen molar-refractivity contribution in [1.29, 1.82) is 0 Å². The fourth-order valence-corrected chi connectivity index (χ4v) is 0.804. The van der Waals surface area contributed by atoms with Crippen molar-refractivity contribution in [3.63, 3.8) is 0 Å². The highest BCUT2D eigenvalue weighted by Crippen LogP contribution is 2.01. The molecule has 3 nitrogen and oxygen atoms in total. The van der Waals surface area contributed by atoms with Crippen LogP contribution in [0.3, 0.4) is 0 Å². The summed E-state index contributed by atoms with van der Waals surface area (Å²) in [5.41, 5.74) is 1.76. The van der Waals surface area contributed by atoms with Crippen LogP contribution in [-0.2, 0) is 6.42 Å². The Bertz CT molecular complexity index is 286. The first-order chi connectivity index (χ1) is 5.84. The minimum absolute atomic E-state index is 0.777. The Kier molecular flexibility index (Phi) is 3.26. The second-order valence-electron chi connectivity index (χ2n) is 2.45. The maximum Gasteiger partial charge on any atom is 0.111 e. The van der Waals surface area contributed by atoms with Gasteiger partial charge in [0.15, 0.2) is 0 Å². The molecule has 1 aromatic rings. The second-order valence-corrected chi connectivity index (χ2v) is 2.45. The van der Waals surface area contributed by atoms with Gasteiger partial charge in [0.25, 0.3) is 0 Å². The van der Waals surface area contributed by atoms with E-state index >= 15 is 0 Å². The molecule has 0 fully saturated rings. The number of aryl methyl sites for hydroxylation is 1. The highest BCUT2D eigenvalue weighted by molar-refractivity contribution is 5.11. The molecule has 0 unspecified atom stereocenters. The topological polar surface area (TPSA) is 38.9 Å². The summed E-state index contributed by atoms with van der Waals surface area (Å²) in [7, 11) is 0. The SMILES string of the molecule is C/C=C\C=CCc1nonc1C. The lowest BCUT2D eigenvalue weighted by Crippen LogP contribution is -1.83. The van der Waals surface area contributed by atoms with E-state index in [1.807, 2.05) is 38.2 Å².